The molecule has 0 bridgehead atoms. The van der Waals surface area contributed by atoms with Crippen LogP contribution in [0.1, 0.15) is 11.3 Å². The quantitative estimate of drug-likeness (QED) is 0.791. The van der Waals surface area contributed by atoms with Crippen molar-refractivity contribution in [2.75, 3.05) is 37.3 Å². The normalized spacial score (nSPS) is 17.7. The summed E-state index contributed by atoms with van der Waals surface area (Å²) in [5, 5.41) is 0. The van der Waals surface area contributed by atoms with Crippen molar-refractivity contribution in [3.8, 4) is 0 Å². The van der Waals surface area contributed by atoms with Crippen LogP contribution in [0, 0.1) is 6.92 Å². The molecular formula is C11H19N5O2S. The van der Waals surface area contributed by atoms with Crippen LogP contribution in [0.5, 0.6) is 0 Å². The summed E-state index contributed by atoms with van der Waals surface area (Å²) in [6, 6.07) is 0. The van der Waals surface area contributed by atoms with E-state index in [-0.39, 0.29) is 0 Å². The minimum absolute atomic E-state index is 0.425. The molecule has 0 atom stereocenters. The highest BCUT2D eigenvalue weighted by atomic mass is 32.2. The Hall–Kier alpha value is -1.25. The van der Waals surface area contributed by atoms with Crippen LogP contribution in [-0.4, -0.2) is 55.1 Å². The lowest BCUT2D eigenvalue weighted by Gasteiger charge is -2.33. The topological polar surface area (TPSA) is 92.4 Å². The molecule has 0 unspecified atom stereocenters. The average molecular weight is 285 g/mol. The minimum atomic E-state index is -3.10. The SMILES string of the molecule is Cc1nc(N2CCN(S(C)(=O)=O)CC2)ncc1CN. The van der Waals surface area contributed by atoms with Crippen LogP contribution in [0.15, 0.2) is 6.20 Å². The molecular weight excluding hydrogens is 266 g/mol. The molecule has 0 amide bonds. The molecule has 8 heteroatoms. The molecule has 7 nitrogen and oxygen atoms in total. The Morgan fingerprint density at radius 3 is 2.42 bits per heavy atom. The van der Waals surface area contributed by atoms with Gasteiger partial charge in [-0.3, -0.25) is 0 Å². The summed E-state index contributed by atoms with van der Waals surface area (Å²) in [6.07, 6.45) is 2.97. The van der Waals surface area contributed by atoms with Crippen LogP contribution in [0.25, 0.3) is 0 Å². The van der Waals surface area contributed by atoms with E-state index in [1.165, 1.54) is 10.6 Å². The summed E-state index contributed by atoms with van der Waals surface area (Å²) in [5.74, 6) is 0.642. The van der Waals surface area contributed by atoms with E-state index in [1.807, 2.05) is 11.8 Å². The van der Waals surface area contributed by atoms with Gasteiger partial charge in [0.15, 0.2) is 0 Å². The first-order chi connectivity index (χ1) is 8.91. The second-order valence-corrected chi connectivity index (χ2v) is 6.62. The molecule has 1 aromatic rings. The van der Waals surface area contributed by atoms with Crippen LogP contribution in [-0.2, 0) is 16.6 Å². The van der Waals surface area contributed by atoms with Gasteiger partial charge >= 0.3 is 0 Å². The Morgan fingerprint density at radius 1 is 1.32 bits per heavy atom. The predicted octanol–water partition coefficient (Wildman–Crippen LogP) is -0.675. The zero-order valence-electron chi connectivity index (χ0n) is 11.2. The summed E-state index contributed by atoms with van der Waals surface area (Å²) in [7, 11) is -3.10. The van der Waals surface area contributed by atoms with E-state index in [0.29, 0.717) is 38.7 Å². The van der Waals surface area contributed by atoms with Gasteiger partial charge in [0, 0.05) is 50.2 Å². The Bertz CT molecular complexity index is 552. The van der Waals surface area contributed by atoms with Crippen molar-refractivity contribution in [3.63, 3.8) is 0 Å². The summed E-state index contributed by atoms with van der Waals surface area (Å²) >= 11 is 0. The van der Waals surface area contributed by atoms with Crippen LogP contribution >= 0.6 is 0 Å². The van der Waals surface area contributed by atoms with Crippen molar-refractivity contribution in [1.29, 1.82) is 0 Å². The molecule has 1 aromatic heterocycles. The van der Waals surface area contributed by atoms with Crippen molar-refractivity contribution in [3.05, 3.63) is 17.5 Å². The van der Waals surface area contributed by atoms with Crippen LogP contribution < -0.4 is 10.6 Å². The molecule has 2 N–H and O–H groups in total. The number of hydrogen-bond donors (Lipinski definition) is 1. The zero-order chi connectivity index (χ0) is 14.0. The van der Waals surface area contributed by atoms with Gasteiger partial charge in [0.05, 0.1) is 6.26 Å². The number of rotatable bonds is 3. The monoisotopic (exact) mass is 285 g/mol. The third-order valence-corrected chi connectivity index (χ3v) is 4.58. The molecule has 106 valence electrons. The van der Waals surface area contributed by atoms with E-state index in [2.05, 4.69) is 9.97 Å². The first-order valence-electron chi connectivity index (χ1n) is 6.14. The van der Waals surface area contributed by atoms with E-state index < -0.39 is 10.0 Å². The fourth-order valence-corrected chi connectivity index (χ4v) is 2.88. The number of aryl methyl sites for hydroxylation is 1. The van der Waals surface area contributed by atoms with Crippen LogP contribution in [0.2, 0.25) is 0 Å². The maximum atomic E-state index is 11.4. The van der Waals surface area contributed by atoms with Crippen LogP contribution in [0.3, 0.4) is 0 Å². The summed E-state index contributed by atoms with van der Waals surface area (Å²) in [4.78, 5) is 10.7. The number of nitrogens with two attached hydrogens (primary N) is 1. The largest absolute Gasteiger partial charge is 0.338 e. The maximum Gasteiger partial charge on any atom is 0.225 e. The van der Waals surface area contributed by atoms with Gasteiger partial charge in [-0.1, -0.05) is 0 Å². The van der Waals surface area contributed by atoms with Gasteiger partial charge in [-0.15, -0.1) is 0 Å². The molecule has 0 spiro atoms. The Kier molecular flexibility index (Phi) is 4.02. The Morgan fingerprint density at radius 2 is 1.95 bits per heavy atom. The summed E-state index contributed by atoms with van der Waals surface area (Å²) in [5.41, 5.74) is 7.38. The molecule has 0 aromatic carbocycles. The summed E-state index contributed by atoms with van der Waals surface area (Å²) in [6.45, 7) is 4.48. The maximum absolute atomic E-state index is 11.4. The molecule has 2 rings (SSSR count). The van der Waals surface area contributed by atoms with E-state index >= 15 is 0 Å². The van der Waals surface area contributed by atoms with Crippen molar-refractivity contribution in [2.24, 2.45) is 5.73 Å². The number of piperazine rings is 1. The molecule has 0 aliphatic carbocycles. The van der Waals surface area contributed by atoms with Gasteiger partial charge in [0.2, 0.25) is 16.0 Å². The fourth-order valence-electron chi connectivity index (χ4n) is 2.05. The second kappa shape index (κ2) is 5.40. The fraction of sp³-hybridized carbons (Fsp3) is 0.636. The van der Waals surface area contributed by atoms with Gasteiger partial charge in [-0.05, 0) is 6.92 Å². The Labute approximate surface area is 113 Å². The van der Waals surface area contributed by atoms with E-state index in [1.54, 1.807) is 6.20 Å². The number of hydrogen-bond acceptors (Lipinski definition) is 6. The highest BCUT2D eigenvalue weighted by Gasteiger charge is 2.24. The first-order valence-corrected chi connectivity index (χ1v) is 7.99. The van der Waals surface area contributed by atoms with E-state index in [4.69, 9.17) is 5.73 Å². The molecule has 1 fully saturated rings. The van der Waals surface area contributed by atoms with Gasteiger partial charge in [0.25, 0.3) is 0 Å². The minimum Gasteiger partial charge on any atom is -0.338 e. The average Bonchev–Trinajstić information content (AvgIpc) is 2.38. The lowest BCUT2D eigenvalue weighted by atomic mass is 10.2. The lowest BCUT2D eigenvalue weighted by Crippen LogP contribution is -2.48. The standard InChI is InChI=1S/C11H19N5O2S/c1-9-10(7-12)8-13-11(14-9)15-3-5-16(6-4-15)19(2,17)18/h8H,3-7,12H2,1-2H3. The van der Waals surface area contributed by atoms with Crippen molar-refractivity contribution < 1.29 is 8.42 Å². The lowest BCUT2D eigenvalue weighted by molar-refractivity contribution is 0.385. The van der Waals surface area contributed by atoms with E-state index in [9.17, 15) is 8.42 Å². The number of anilines is 1. The van der Waals surface area contributed by atoms with Gasteiger partial charge in [-0.25, -0.2) is 18.4 Å². The molecule has 0 radical (unpaired) electrons. The number of sulfonamides is 1. The molecule has 0 saturated carbocycles. The predicted molar refractivity (Wildman–Crippen MR) is 73.3 cm³/mol. The summed E-state index contributed by atoms with van der Waals surface area (Å²) < 4.78 is 24.3. The molecule has 1 aliphatic rings. The molecule has 1 saturated heterocycles. The third-order valence-electron chi connectivity index (χ3n) is 3.28. The zero-order valence-corrected chi connectivity index (χ0v) is 12.0. The van der Waals surface area contributed by atoms with Gasteiger partial charge in [-0.2, -0.15) is 4.31 Å². The number of nitrogens with zero attached hydrogens (tertiary/aromatic N) is 4. The van der Waals surface area contributed by atoms with E-state index in [0.717, 1.165) is 11.3 Å². The van der Waals surface area contributed by atoms with Gasteiger partial charge < -0.3 is 10.6 Å². The molecule has 19 heavy (non-hydrogen) atoms. The van der Waals surface area contributed by atoms with Gasteiger partial charge in [0.1, 0.15) is 0 Å². The molecule has 1 aliphatic heterocycles. The smallest absolute Gasteiger partial charge is 0.225 e. The van der Waals surface area contributed by atoms with Crippen molar-refractivity contribution >= 4 is 16.0 Å². The highest BCUT2D eigenvalue weighted by Crippen LogP contribution is 2.14. The Balaban J connectivity index is 2.08. The van der Waals surface area contributed by atoms with Crippen molar-refractivity contribution in [1.82, 2.24) is 14.3 Å². The van der Waals surface area contributed by atoms with Crippen molar-refractivity contribution in [2.45, 2.75) is 13.5 Å². The number of aromatic nitrogens is 2. The highest BCUT2D eigenvalue weighted by molar-refractivity contribution is 7.88. The first kappa shape index (κ1) is 14.2. The molecule has 2 heterocycles. The third kappa shape index (κ3) is 3.20. The second-order valence-electron chi connectivity index (χ2n) is 4.63. The van der Waals surface area contributed by atoms with Crippen LogP contribution in [0.4, 0.5) is 5.95 Å².